The second-order valence-corrected chi connectivity index (χ2v) is 5.10. The molecule has 1 aromatic carbocycles. The summed E-state index contributed by atoms with van der Waals surface area (Å²) in [6.45, 7) is 1.55. The summed E-state index contributed by atoms with van der Waals surface area (Å²) in [4.78, 5) is 8.84. The Kier molecular flexibility index (Phi) is 3.47. The molecule has 23 heavy (non-hydrogen) atoms. The molecule has 1 aliphatic rings. The van der Waals surface area contributed by atoms with Gasteiger partial charge in [0.05, 0.1) is 18.5 Å². The first-order valence-electron chi connectivity index (χ1n) is 7.32. The predicted molar refractivity (Wildman–Crippen MR) is 84.9 cm³/mol. The van der Waals surface area contributed by atoms with Gasteiger partial charge in [-0.15, -0.1) is 0 Å². The fourth-order valence-corrected chi connectivity index (χ4v) is 2.58. The Morgan fingerprint density at radius 1 is 1.26 bits per heavy atom. The van der Waals surface area contributed by atoms with E-state index in [1.165, 1.54) is 0 Å². The summed E-state index contributed by atoms with van der Waals surface area (Å²) >= 11 is 0. The van der Waals surface area contributed by atoms with Crippen molar-refractivity contribution in [3.8, 4) is 22.8 Å². The topological polar surface area (TPSA) is 69.9 Å². The lowest BCUT2D eigenvalue weighted by Gasteiger charge is -2.07. The summed E-state index contributed by atoms with van der Waals surface area (Å²) in [7, 11) is 1.67. The Hall–Kier alpha value is -2.80. The number of fused-ring (bicyclic) bond motifs is 2. The highest BCUT2D eigenvalue weighted by molar-refractivity contribution is 5.72. The highest BCUT2D eigenvalue weighted by Gasteiger charge is 2.16. The minimum absolute atomic E-state index is 0.267. The fourth-order valence-electron chi connectivity index (χ4n) is 2.58. The van der Waals surface area contributed by atoms with Gasteiger partial charge in [0.25, 0.3) is 0 Å². The molecule has 1 N–H and O–H groups in total. The first-order chi connectivity index (χ1) is 11.4. The second-order valence-electron chi connectivity index (χ2n) is 5.10. The lowest BCUT2D eigenvalue weighted by atomic mass is 10.1. The minimum Gasteiger partial charge on any atom is -0.454 e. The average molecular weight is 312 g/mol. The van der Waals surface area contributed by atoms with Gasteiger partial charge in [-0.1, -0.05) is 0 Å². The normalized spacial score (nSPS) is 12.7. The maximum absolute atomic E-state index is 5.45. The molecule has 0 unspecified atom stereocenters. The van der Waals surface area contributed by atoms with Gasteiger partial charge < -0.3 is 19.5 Å². The van der Waals surface area contributed by atoms with Crippen LogP contribution in [0, 0.1) is 0 Å². The molecule has 118 valence electrons. The van der Waals surface area contributed by atoms with Crippen molar-refractivity contribution in [2.75, 3.05) is 32.4 Å². The van der Waals surface area contributed by atoms with E-state index in [0.29, 0.717) is 13.2 Å². The molecule has 3 aromatic rings. The second kappa shape index (κ2) is 5.77. The molecule has 3 heterocycles. The number of benzene rings is 1. The number of imidazole rings is 1. The largest absolute Gasteiger partial charge is 0.454 e. The average Bonchev–Trinajstić information content (AvgIpc) is 3.21. The van der Waals surface area contributed by atoms with Gasteiger partial charge in [-0.3, -0.25) is 4.40 Å². The van der Waals surface area contributed by atoms with Gasteiger partial charge >= 0.3 is 0 Å². The van der Waals surface area contributed by atoms with Crippen LogP contribution in [-0.2, 0) is 4.74 Å². The van der Waals surface area contributed by atoms with Gasteiger partial charge in [-0.05, 0) is 18.2 Å². The van der Waals surface area contributed by atoms with E-state index in [1.807, 2.05) is 35.0 Å². The van der Waals surface area contributed by atoms with Crippen molar-refractivity contribution >= 4 is 11.5 Å². The molecule has 0 amide bonds. The third kappa shape index (κ3) is 2.44. The molecule has 0 radical (unpaired) electrons. The van der Waals surface area contributed by atoms with Crippen LogP contribution in [0.1, 0.15) is 0 Å². The van der Waals surface area contributed by atoms with Crippen LogP contribution >= 0.6 is 0 Å². The van der Waals surface area contributed by atoms with Gasteiger partial charge in [-0.25, -0.2) is 9.97 Å². The quantitative estimate of drug-likeness (QED) is 0.728. The maximum atomic E-state index is 5.45. The summed E-state index contributed by atoms with van der Waals surface area (Å²) in [5.74, 6) is 2.26. The Balaban J connectivity index is 1.72. The lowest BCUT2D eigenvalue weighted by Crippen LogP contribution is -2.10. The van der Waals surface area contributed by atoms with Gasteiger partial charge in [0.15, 0.2) is 23.0 Å². The van der Waals surface area contributed by atoms with Crippen LogP contribution in [0.5, 0.6) is 11.5 Å². The molecule has 0 saturated carbocycles. The Morgan fingerprint density at radius 3 is 3.09 bits per heavy atom. The van der Waals surface area contributed by atoms with E-state index in [1.54, 1.807) is 13.3 Å². The number of hydrogen-bond acceptors (Lipinski definition) is 6. The van der Waals surface area contributed by atoms with Crippen molar-refractivity contribution in [3.63, 3.8) is 0 Å². The molecule has 0 fully saturated rings. The number of aromatic nitrogens is 3. The highest BCUT2D eigenvalue weighted by atomic mass is 16.7. The lowest BCUT2D eigenvalue weighted by molar-refractivity contribution is 0.174. The van der Waals surface area contributed by atoms with E-state index < -0.39 is 0 Å². The number of ether oxygens (including phenoxy) is 3. The van der Waals surface area contributed by atoms with Crippen LogP contribution < -0.4 is 14.8 Å². The van der Waals surface area contributed by atoms with Gasteiger partial charge in [0.1, 0.15) is 0 Å². The molecular formula is C16H16N4O3. The number of anilines is 1. The van der Waals surface area contributed by atoms with E-state index in [-0.39, 0.29) is 6.79 Å². The molecule has 7 heteroatoms. The predicted octanol–water partition coefficient (Wildman–Crippen LogP) is 2.18. The summed E-state index contributed by atoms with van der Waals surface area (Å²) in [6.07, 6.45) is 5.47. The Bertz CT molecular complexity index is 846. The van der Waals surface area contributed by atoms with Crippen molar-refractivity contribution in [2.45, 2.75) is 0 Å². The first kappa shape index (κ1) is 13.8. The number of nitrogens with zero attached hydrogens (tertiary/aromatic N) is 3. The number of nitrogens with one attached hydrogen (secondary N) is 1. The number of methoxy groups -OCH3 is 1. The molecule has 0 bridgehead atoms. The fraction of sp³-hybridized carbons (Fsp3) is 0.250. The molecule has 4 rings (SSSR count). The third-order valence-electron chi connectivity index (χ3n) is 3.69. The Labute approximate surface area is 132 Å². The molecule has 7 nitrogen and oxygen atoms in total. The Morgan fingerprint density at radius 2 is 2.17 bits per heavy atom. The standard InChI is InChI=1S/C16H16N4O3/c1-21-7-5-18-15-16-19-9-12(20(16)6-4-17-15)11-2-3-13-14(8-11)23-10-22-13/h2-4,6,8-9H,5,7,10H2,1H3,(H,17,18). The van der Waals surface area contributed by atoms with E-state index in [0.717, 1.165) is 34.2 Å². The van der Waals surface area contributed by atoms with Crippen LogP contribution in [0.3, 0.4) is 0 Å². The zero-order valence-electron chi connectivity index (χ0n) is 12.7. The summed E-state index contributed by atoms with van der Waals surface area (Å²) in [5.41, 5.74) is 2.75. The van der Waals surface area contributed by atoms with Crippen molar-refractivity contribution in [1.82, 2.24) is 14.4 Å². The number of hydrogen-bond donors (Lipinski definition) is 1. The summed E-state index contributed by atoms with van der Waals surface area (Å²) in [5, 5.41) is 3.23. The van der Waals surface area contributed by atoms with E-state index in [4.69, 9.17) is 14.2 Å². The number of rotatable bonds is 5. The van der Waals surface area contributed by atoms with Crippen molar-refractivity contribution < 1.29 is 14.2 Å². The van der Waals surface area contributed by atoms with Crippen molar-refractivity contribution in [1.29, 1.82) is 0 Å². The van der Waals surface area contributed by atoms with E-state index in [2.05, 4.69) is 15.3 Å². The van der Waals surface area contributed by atoms with Crippen LogP contribution in [-0.4, -0.2) is 41.4 Å². The van der Waals surface area contributed by atoms with E-state index >= 15 is 0 Å². The third-order valence-corrected chi connectivity index (χ3v) is 3.69. The van der Waals surface area contributed by atoms with Gasteiger partial charge in [0.2, 0.25) is 6.79 Å². The van der Waals surface area contributed by atoms with Crippen LogP contribution in [0.25, 0.3) is 16.9 Å². The highest BCUT2D eigenvalue weighted by Crippen LogP contribution is 2.36. The van der Waals surface area contributed by atoms with Gasteiger partial charge in [0, 0.05) is 31.6 Å². The van der Waals surface area contributed by atoms with Crippen molar-refractivity contribution in [3.05, 3.63) is 36.8 Å². The van der Waals surface area contributed by atoms with Crippen LogP contribution in [0.4, 0.5) is 5.82 Å². The van der Waals surface area contributed by atoms with Gasteiger partial charge in [-0.2, -0.15) is 0 Å². The zero-order valence-corrected chi connectivity index (χ0v) is 12.7. The molecule has 0 aliphatic carbocycles. The molecule has 2 aromatic heterocycles. The monoisotopic (exact) mass is 312 g/mol. The molecule has 0 atom stereocenters. The molecule has 0 saturated heterocycles. The van der Waals surface area contributed by atoms with Crippen molar-refractivity contribution in [2.24, 2.45) is 0 Å². The minimum atomic E-state index is 0.267. The smallest absolute Gasteiger partial charge is 0.231 e. The summed E-state index contributed by atoms with van der Waals surface area (Å²) in [6, 6.07) is 5.87. The molecule has 1 aliphatic heterocycles. The molecule has 0 spiro atoms. The van der Waals surface area contributed by atoms with E-state index in [9.17, 15) is 0 Å². The first-order valence-corrected chi connectivity index (χ1v) is 7.32. The molecular weight excluding hydrogens is 296 g/mol. The summed E-state index contributed by atoms with van der Waals surface area (Å²) < 4.78 is 17.9. The zero-order chi connectivity index (χ0) is 15.6. The van der Waals surface area contributed by atoms with Crippen LogP contribution in [0.2, 0.25) is 0 Å². The maximum Gasteiger partial charge on any atom is 0.231 e. The van der Waals surface area contributed by atoms with Crippen LogP contribution in [0.15, 0.2) is 36.8 Å². The SMILES string of the molecule is COCCNc1nccn2c(-c3ccc4c(c3)OCO4)cnc12.